The Kier molecular flexibility index (Phi) is 1.10. The normalized spacial score (nSPS) is 39.0. The first-order valence-corrected chi connectivity index (χ1v) is 3.95. The zero-order chi connectivity index (χ0) is 6.32. The molecular weight excluding hydrogens is 112 g/mol. The highest BCUT2D eigenvalue weighted by atomic mass is 16.5. The van der Waals surface area contributed by atoms with E-state index in [2.05, 4.69) is 6.92 Å². The van der Waals surface area contributed by atoms with E-state index in [1.54, 1.807) is 0 Å². The van der Waals surface area contributed by atoms with Crippen LogP contribution in [-0.2, 0) is 4.74 Å². The van der Waals surface area contributed by atoms with Crippen molar-refractivity contribution in [1.82, 2.24) is 0 Å². The van der Waals surface area contributed by atoms with Gasteiger partial charge in [0.1, 0.15) is 0 Å². The van der Waals surface area contributed by atoms with Gasteiger partial charge in [-0.25, -0.2) is 0 Å². The van der Waals surface area contributed by atoms with Crippen LogP contribution in [0.15, 0.2) is 0 Å². The molecule has 0 amide bonds. The Hall–Kier alpha value is -0.0400. The second-order valence-electron chi connectivity index (χ2n) is 3.63. The molecule has 0 unspecified atom stereocenters. The summed E-state index contributed by atoms with van der Waals surface area (Å²) in [5.74, 6) is 0.918. The zero-order valence-corrected chi connectivity index (χ0v) is 6.02. The molecule has 1 heterocycles. The molecule has 1 heteroatoms. The Bertz CT molecular complexity index is 116. The Morgan fingerprint density at radius 1 is 1.44 bits per heavy atom. The molecule has 1 aliphatic carbocycles. The second kappa shape index (κ2) is 1.72. The highest BCUT2D eigenvalue weighted by Gasteiger charge is 2.46. The molecule has 0 aromatic rings. The van der Waals surface area contributed by atoms with Gasteiger partial charge in [0.25, 0.3) is 0 Å². The third kappa shape index (κ3) is 0.983. The minimum absolute atomic E-state index is 0.400. The van der Waals surface area contributed by atoms with Crippen molar-refractivity contribution in [3.63, 3.8) is 0 Å². The van der Waals surface area contributed by atoms with Crippen LogP contribution in [0.2, 0.25) is 0 Å². The van der Waals surface area contributed by atoms with E-state index >= 15 is 0 Å². The smallest absolute Gasteiger partial charge is 0.0687 e. The van der Waals surface area contributed by atoms with Crippen LogP contribution in [0.1, 0.15) is 32.6 Å². The lowest BCUT2D eigenvalue weighted by atomic mass is 9.96. The summed E-state index contributed by atoms with van der Waals surface area (Å²) in [6, 6.07) is 0. The number of rotatable bonds is 0. The average Bonchev–Trinajstić information content (AvgIpc) is 2.49. The van der Waals surface area contributed by atoms with E-state index < -0.39 is 0 Å². The molecule has 0 N–H and O–H groups in total. The summed E-state index contributed by atoms with van der Waals surface area (Å²) >= 11 is 0. The maximum absolute atomic E-state index is 5.65. The van der Waals surface area contributed by atoms with Gasteiger partial charge in [-0.15, -0.1) is 0 Å². The lowest BCUT2D eigenvalue weighted by Crippen LogP contribution is -2.25. The molecule has 1 nitrogen and oxygen atoms in total. The fourth-order valence-electron chi connectivity index (χ4n) is 1.76. The van der Waals surface area contributed by atoms with Crippen molar-refractivity contribution in [2.75, 3.05) is 6.61 Å². The van der Waals surface area contributed by atoms with Gasteiger partial charge in [-0.1, -0.05) is 6.92 Å². The molecule has 1 saturated heterocycles. The van der Waals surface area contributed by atoms with Gasteiger partial charge in [-0.05, 0) is 31.6 Å². The van der Waals surface area contributed by atoms with Crippen molar-refractivity contribution in [3.8, 4) is 0 Å². The minimum Gasteiger partial charge on any atom is -0.375 e. The summed E-state index contributed by atoms with van der Waals surface area (Å²) in [4.78, 5) is 0. The van der Waals surface area contributed by atoms with Crippen LogP contribution in [0, 0.1) is 5.92 Å². The Morgan fingerprint density at radius 3 is 2.67 bits per heavy atom. The van der Waals surface area contributed by atoms with Crippen molar-refractivity contribution < 1.29 is 4.74 Å². The summed E-state index contributed by atoms with van der Waals surface area (Å²) in [6.07, 6.45) is 5.27. The van der Waals surface area contributed by atoms with Gasteiger partial charge in [0.2, 0.25) is 0 Å². The molecule has 0 radical (unpaired) electrons. The largest absolute Gasteiger partial charge is 0.375 e. The van der Waals surface area contributed by atoms with Gasteiger partial charge >= 0.3 is 0 Å². The van der Waals surface area contributed by atoms with Crippen LogP contribution >= 0.6 is 0 Å². The Balaban J connectivity index is 1.96. The summed E-state index contributed by atoms with van der Waals surface area (Å²) in [5.41, 5.74) is 0.400. The van der Waals surface area contributed by atoms with Crippen LogP contribution in [0.4, 0.5) is 0 Å². The van der Waals surface area contributed by atoms with E-state index in [1.165, 1.54) is 25.7 Å². The fraction of sp³-hybridized carbons (Fsp3) is 1.00. The first kappa shape index (κ1) is 5.72. The number of hydrogen-bond acceptors (Lipinski definition) is 1. The third-order valence-corrected chi connectivity index (χ3v) is 2.55. The van der Waals surface area contributed by atoms with E-state index in [0.29, 0.717) is 5.60 Å². The first-order chi connectivity index (χ1) is 4.31. The lowest BCUT2D eigenvalue weighted by molar-refractivity contribution is -0.0243. The summed E-state index contributed by atoms with van der Waals surface area (Å²) < 4.78 is 5.65. The molecule has 0 aromatic heterocycles. The molecule has 2 fully saturated rings. The quantitative estimate of drug-likeness (QED) is 0.482. The predicted octanol–water partition coefficient (Wildman–Crippen LogP) is 1.97. The molecule has 52 valence electrons. The van der Waals surface area contributed by atoms with E-state index in [1.807, 2.05) is 0 Å². The first-order valence-electron chi connectivity index (χ1n) is 3.95. The minimum atomic E-state index is 0.400. The van der Waals surface area contributed by atoms with Crippen LogP contribution in [0.25, 0.3) is 0 Å². The maximum atomic E-state index is 5.65. The van der Waals surface area contributed by atoms with Crippen LogP contribution in [0.3, 0.4) is 0 Å². The van der Waals surface area contributed by atoms with Crippen molar-refractivity contribution in [3.05, 3.63) is 0 Å². The highest BCUT2D eigenvalue weighted by Crippen LogP contribution is 2.47. The standard InChI is InChI=1S/C8H14O/c1-7-2-5-9-8(6-7)3-4-8/h7H,2-6H2,1H3/t7-/m0/s1. The molecule has 0 aromatic carbocycles. The van der Waals surface area contributed by atoms with Crippen LogP contribution in [-0.4, -0.2) is 12.2 Å². The SMILES string of the molecule is C[C@H]1CCOC2(CC2)C1. The summed E-state index contributed by atoms with van der Waals surface area (Å²) in [7, 11) is 0. The number of hydrogen-bond donors (Lipinski definition) is 0. The monoisotopic (exact) mass is 126 g/mol. The fourth-order valence-corrected chi connectivity index (χ4v) is 1.76. The molecule has 9 heavy (non-hydrogen) atoms. The molecule has 2 rings (SSSR count). The highest BCUT2D eigenvalue weighted by molar-refractivity contribution is 4.98. The third-order valence-electron chi connectivity index (χ3n) is 2.55. The van der Waals surface area contributed by atoms with Gasteiger partial charge in [0, 0.05) is 6.61 Å². The zero-order valence-electron chi connectivity index (χ0n) is 6.02. The predicted molar refractivity (Wildman–Crippen MR) is 36.3 cm³/mol. The van der Waals surface area contributed by atoms with E-state index in [9.17, 15) is 0 Å². The van der Waals surface area contributed by atoms with Gasteiger partial charge < -0.3 is 4.74 Å². The lowest BCUT2D eigenvalue weighted by Gasteiger charge is -2.26. The molecule has 1 spiro atoms. The Morgan fingerprint density at radius 2 is 2.22 bits per heavy atom. The average molecular weight is 126 g/mol. The molecule has 0 bridgehead atoms. The van der Waals surface area contributed by atoms with Crippen molar-refractivity contribution in [1.29, 1.82) is 0 Å². The maximum Gasteiger partial charge on any atom is 0.0687 e. The van der Waals surface area contributed by atoms with Crippen molar-refractivity contribution >= 4 is 0 Å². The molecule has 1 atom stereocenters. The van der Waals surface area contributed by atoms with Crippen LogP contribution < -0.4 is 0 Å². The topological polar surface area (TPSA) is 9.23 Å². The van der Waals surface area contributed by atoms with Crippen LogP contribution in [0.5, 0.6) is 0 Å². The van der Waals surface area contributed by atoms with E-state index in [4.69, 9.17) is 4.74 Å². The van der Waals surface area contributed by atoms with Gasteiger partial charge in [-0.3, -0.25) is 0 Å². The molecule has 1 aliphatic heterocycles. The van der Waals surface area contributed by atoms with E-state index in [-0.39, 0.29) is 0 Å². The summed E-state index contributed by atoms with van der Waals surface area (Å²) in [5, 5.41) is 0. The van der Waals surface area contributed by atoms with Gasteiger partial charge in [0.05, 0.1) is 5.60 Å². The summed E-state index contributed by atoms with van der Waals surface area (Å²) in [6.45, 7) is 3.35. The van der Waals surface area contributed by atoms with E-state index in [0.717, 1.165) is 12.5 Å². The molecule has 1 saturated carbocycles. The molecular formula is C8H14O. The second-order valence-corrected chi connectivity index (χ2v) is 3.63. The van der Waals surface area contributed by atoms with Crippen molar-refractivity contribution in [2.24, 2.45) is 5.92 Å². The Labute approximate surface area is 56.4 Å². The van der Waals surface area contributed by atoms with Crippen molar-refractivity contribution in [2.45, 2.75) is 38.2 Å². The number of ether oxygens (including phenoxy) is 1. The van der Waals surface area contributed by atoms with Gasteiger partial charge in [0.15, 0.2) is 0 Å². The van der Waals surface area contributed by atoms with Gasteiger partial charge in [-0.2, -0.15) is 0 Å². The molecule has 2 aliphatic rings.